The number of methoxy groups -OCH3 is 3. The summed E-state index contributed by atoms with van der Waals surface area (Å²) < 4.78 is 15.0. The number of phenolic OH excluding ortho intramolecular Hbond substituents is 1. The quantitative estimate of drug-likeness (QED) is 0.323. The maximum atomic E-state index is 12.4. The summed E-state index contributed by atoms with van der Waals surface area (Å²) in [5.41, 5.74) is -0.321. The molecule has 0 amide bonds. The van der Waals surface area contributed by atoms with E-state index in [9.17, 15) is 24.8 Å². The lowest BCUT2D eigenvalue weighted by molar-refractivity contribution is -0.385. The Morgan fingerprint density at radius 1 is 1.00 bits per heavy atom. The molecule has 0 aliphatic carbocycles. The van der Waals surface area contributed by atoms with Crippen LogP contribution in [0, 0.1) is 10.1 Å². The predicted molar refractivity (Wildman–Crippen MR) is 94.1 cm³/mol. The highest BCUT2D eigenvalue weighted by Crippen LogP contribution is 2.39. The minimum absolute atomic E-state index is 0.0206. The third kappa shape index (κ3) is 3.97. The zero-order chi connectivity index (χ0) is 20.1. The van der Waals surface area contributed by atoms with Crippen LogP contribution in [0.5, 0.6) is 23.0 Å². The number of ketones is 2. The Bertz CT molecular complexity index is 906. The number of hydrogen-bond acceptors (Lipinski definition) is 8. The van der Waals surface area contributed by atoms with Crippen molar-refractivity contribution in [1.82, 2.24) is 0 Å². The second-order valence-corrected chi connectivity index (χ2v) is 5.36. The highest BCUT2D eigenvalue weighted by molar-refractivity contribution is 6.14. The van der Waals surface area contributed by atoms with E-state index in [1.165, 1.54) is 45.6 Å². The highest BCUT2D eigenvalue weighted by Gasteiger charge is 2.23. The SMILES string of the molecule is COc1cc(C(=O)CC(=O)c2ccc(OC)c(OC)c2O)ccc1[N+](=O)[O-]. The fourth-order valence-electron chi connectivity index (χ4n) is 2.48. The maximum absolute atomic E-state index is 12.4. The van der Waals surface area contributed by atoms with Crippen LogP contribution in [0.15, 0.2) is 30.3 Å². The Labute approximate surface area is 154 Å². The largest absolute Gasteiger partial charge is 0.504 e. The van der Waals surface area contributed by atoms with Crippen LogP contribution in [0.3, 0.4) is 0 Å². The molecule has 9 nitrogen and oxygen atoms in total. The van der Waals surface area contributed by atoms with E-state index in [1.807, 2.05) is 0 Å². The molecule has 0 saturated carbocycles. The molecule has 0 heterocycles. The number of nitro groups is 1. The second-order valence-electron chi connectivity index (χ2n) is 5.36. The van der Waals surface area contributed by atoms with Crippen LogP contribution < -0.4 is 14.2 Å². The number of ether oxygens (including phenoxy) is 3. The van der Waals surface area contributed by atoms with Gasteiger partial charge in [-0.15, -0.1) is 0 Å². The minimum Gasteiger partial charge on any atom is -0.504 e. The lowest BCUT2D eigenvalue weighted by atomic mass is 10.00. The van der Waals surface area contributed by atoms with Gasteiger partial charge in [0.2, 0.25) is 5.75 Å². The number of nitro benzene ring substituents is 1. The van der Waals surface area contributed by atoms with Crippen molar-refractivity contribution in [3.8, 4) is 23.0 Å². The van der Waals surface area contributed by atoms with E-state index < -0.39 is 28.7 Å². The van der Waals surface area contributed by atoms with Gasteiger partial charge in [-0.3, -0.25) is 19.7 Å². The van der Waals surface area contributed by atoms with Gasteiger partial charge in [0.05, 0.1) is 38.2 Å². The van der Waals surface area contributed by atoms with E-state index in [1.54, 1.807) is 0 Å². The number of carbonyl (C=O) groups is 2. The summed E-state index contributed by atoms with van der Waals surface area (Å²) in [5.74, 6) is -1.54. The van der Waals surface area contributed by atoms with Crippen molar-refractivity contribution in [2.45, 2.75) is 6.42 Å². The van der Waals surface area contributed by atoms with Gasteiger partial charge in [-0.2, -0.15) is 0 Å². The van der Waals surface area contributed by atoms with Crippen LogP contribution in [0.1, 0.15) is 27.1 Å². The van der Waals surface area contributed by atoms with Crippen LogP contribution in [0.25, 0.3) is 0 Å². The van der Waals surface area contributed by atoms with Gasteiger partial charge in [0.25, 0.3) is 0 Å². The number of Topliss-reactive ketones (excluding diaryl/α,β-unsaturated/α-hetero) is 2. The Hall–Kier alpha value is -3.62. The van der Waals surface area contributed by atoms with E-state index >= 15 is 0 Å². The fourth-order valence-corrected chi connectivity index (χ4v) is 2.48. The predicted octanol–water partition coefficient (Wildman–Crippen LogP) is 2.78. The van der Waals surface area contributed by atoms with Crippen molar-refractivity contribution in [2.75, 3.05) is 21.3 Å². The number of phenols is 1. The van der Waals surface area contributed by atoms with Crippen molar-refractivity contribution in [2.24, 2.45) is 0 Å². The first kappa shape index (κ1) is 19.7. The van der Waals surface area contributed by atoms with Crippen LogP contribution >= 0.6 is 0 Å². The smallest absolute Gasteiger partial charge is 0.310 e. The van der Waals surface area contributed by atoms with Crippen molar-refractivity contribution in [3.63, 3.8) is 0 Å². The summed E-state index contributed by atoms with van der Waals surface area (Å²) in [5, 5.41) is 21.1. The minimum atomic E-state index is -0.643. The lowest BCUT2D eigenvalue weighted by Crippen LogP contribution is -2.10. The number of nitrogens with zero attached hydrogens (tertiary/aromatic N) is 1. The van der Waals surface area contributed by atoms with Gasteiger partial charge in [-0.1, -0.05) is 0 Å². The van der Waals surface area contributed by atoms with E-state index in [2.05, 4.69) is 0 Å². The van der Waals surface area contributed by atoms with E-state index in [-0.39, 0.29) is 34.1 Å². The third-order valence-electron chi connectivity index (χ3n) is 3.84. The van der Waals surface area contributed by atoms with Gasteiger partial charge >= 0.3 is 5.69 Å². The van der Waals surface area contributed by atoms with E-state index in [0.717, 1.165) is 6.07 Å². The average molecular weight is 375 g/mol. The molecule has 0 fully saturated rings. The molecular weight excluding hydrogens is 358 g/mol. The zero-order valence-corrected chi connectivity index (χ0v) is 14.8. The molecule has 1 N–H and O–H groups in total. The summed E-state index contributed by atoms with van der Waals surface area (Å²) in [7, 11) is 3.92. The molecule has 0 unspecified atom stereocenters. The lowest BCUT2D eigenvalue weighted by Gasteiger charge is -2.12. The summed E-state index contributed by atoms with van der Waals surface area (Å²) in [4.78, 5) is 35.1. The van der Waals surface area contributed by atoms with Crippen molar-refractivity contribution < 1.29 is 33.8 Å². The van der Waals surface area contributed by atoms with Gasteiger partial charge in [-0.25, -0.2) is 0 Å². The van der Waals surface area contributed by atoms with Gasteiger partial charge < -0.3 is 19.3 Å². The molecule has 142 valence electrons. The van der Waals surface area contributed by atoms with E-state index in [4.69, 9.17) is 14.2 Å². The molecule has 0 radical (unpaired) electrons. The number of hydrogen-bond donors (Lipinski definition) is 1. The molecule has 0 spiro atoms. The summed E-state index contributed by atoms with van der Waals surface area (Å²) >= 11 is 0. The first-order valence-electron chi connectivity index (χ1n) is 7.66. The van der Waals surface area contributed by atoms with Crippen molar-refractivity contribution in [1.29, 1.82) is 0 Å². The average Bonchev–Trinajstić information content (AvgIpc) is 2.66. The van der Waals surface area contributed by atoms with Gasteiger partial charge in [-0.05, 0) is 24.3 Å². The molecule has 0 aromatic heterocycles. The van der Waals surface area contributed by atoms with Crippen LogP contribution in [0.4, 0.5) is 5.69 Å². The maximum Gasteiger partial charge on any atom is 0.310 e. The molecule has 2 rings (SSSR count). The molecule has 2 aromatic carbocycles. The van der Waals surface area contributed by atoms with Crippen molar-refractivity contribution in [3.05, 3.63) is 51.6 Å². The summed E-state index contributed by atoms with van der Waals surface area (Å²) in [6.45, 7) is 0. The Morgan fingerprint density at radius 2 is 1.67 bits per heavy atom. The summed E-state index contributed by atoms with van der Waals surface area (Å²) in [6, 6.07) is 6.32. The van der Waals surface area contributed by atoms with E-state index in [0.29, 0.717) is 0 Å². The molecule has 2 aromatic rings. The number of carbonyl (C=O) groups excluding carboxylic acids is 2. The number of rotatable bonds is 8. The molecule has 0 saturated heterocycles. The number of aromatic hydroxyl groups is 1. The molecular formula is C18H17NO8. The van der Waals surface area contributed by atoms with Gasteiger partial charge in [0, 0.05) is 11.6 Å². The third-order valence-corrected chi connectivity index (χ3v) is 3.84. The molecule has 0 aliphatic heterocycles. The molecule has 9 heteroatoms. The standard InChI is InChI=1S/C18H17NO8/c1-25-15-7-5-11(17(22)18(15)27-3)14(21)9-13(20)10-4-6-12(19(23)24)16(8-10)26-2/h4-8,22H,9H2,1-3H3. The van der Waals surface area contributed by atoms with Crippen molar-refractivity contribution >= 4 is 17.3 Å². The normalized spacial score (nSPS) is 10.2. The first-order chi connectivity index (χ1) is 12.8. The molecule has 0 atom stereocenters. The molecule has 0 bridgehead atoms. The highest BCUT2D eigenvalue weighted by atomic mass is 16.6. The van der Waals surface area contributed by atoms with Gasteiger partial charge in [0.1, 0.15) is 0 Å². The fraction of sp³-hybridized carbons (Fsp3) is 0.222. The first-order valence-corrected chi connectivity index (χ1v) is 7.66. The topological polar surface area (TPSA) is 125 Å². The van der Waals surface area contributed by atoms with Crippen LogP contribution in [-0.2, 0) is 0 Å². The molecule has 27 heavy (non-hydrogen) atoms. The summed E-state index contributed by atoms with van der Waals surface area (Å²) in [6.07, 6.45) is -0.552. The van der Waals surface area contributed by atoms with Crippen LogP contribution in [-0.4, -0.2) is 42.9 Å². The monoisotopic (exact) mass is 375 g/mol. The Morgan fingerprint density at radius 3 is 2.22 bits per heavy atom. The Kier molecular flexibility index (Phi) is 5.96. The zero-order valence-electron chi connectivity index (χ0n) is 14.8. The Balaban J connectivity index is 2.28. The number of benzene rings is 2. The molecule has 0 aliphatic rings. The van der Waals surface area contributed by atoms with Gasteiger partial charge in [0.15, 0.2) is 28.8 Å². The van der Waals surface area contributed by atoms with Crippen LogP contribution in [0.2, 0.25) is 0 Å². The second kappa shape index (κ2) is 8.17.